The van der Waals surface area contributed by atoms with Crippen LogP contribution in [0.4, 0.5) is 0 Å². The normalized spacial score (nSPS) is 23.3. The first-order valence-electron chi connectivity index (χ1n) is 12.8. The summed E-state index contributed by atoms with van der Waals surface area (Å²) in [5.74, 6) is -0.449. The first-order chi connectivity index (χ1) is 16.4. The second-order valence-electron chi connectivity index (χ2n) is 10.9. The molecule has 3 N–H and O–H groups in total. The third-order valence-electron chi connectivity index (χ3n) is 6.52. The summed E-state index contributed by atoms with van der Waals surface area (Å²) < 4.78 is 9.63. The Hall–Kier alpha value is -1.89. The van der Waals surface area contributed by atoms with Gasteiger partial charge in [0.1, 0.15) is 0 Å². The molecule has 5 atom stereocenters. The number of hydrogen-bond acceptors (Lipinski definition) is 4. The molecule has 196 valence electrons. The average molecular weight is 503 g/mol. The molecule has 2 rings (SSSR count). The van der Waals surface area contributed by atoms with Crippen molar-refractivity contribution in [2.24, 2.45) is 23.2 Å². The van der Waals surface area contributed by atoms with E-state index in [0.29, 0.717) is 25.2 Å². The number of carboxylic acids is 1. The first kappa shape index (κ1) is 31.1. The maximum absolute atomic E-state index is 10.6. The van der Waals surface area contributed by atoms with Gasteiger partial charge in [0.15, 0.2) is 0 Å². The molecule has 1 aliphatic rings. The summed E-state index contributed by atoms with van der Waals surface area (Å²) in [5, 5.41) is 29.7. The molecule has 0 amide bonds. The van der Waals surface area contributed by atoms with E-state index >= 15 is 0 Å². The summed E-state index contributed by atoms with van der Waals surface area (Å²) in [6, 6.07) is 10.5. The summed E-state index contributed by atoms with van der Waals surface area (Å²) in [5.41, 5.74) is 1.46. The molecule has 6 heteroatoms. The van der Waals surface area contributed by atoms with Crippen molar-refractivity contribution in [2.45, 2.75) is 91.0 Å². The van der Waals surface area contributed by atoms with E-state index in [2.05, 4.69) is 57.2 Å². The predicted octanol–water partition coefficient (Wildman–Crippen LogP) is 6.06. The van der Waals surface area contributed by atoms with Gasteiger partial charge in [0.2, 0.25) is 0 Å². The van der Waals surface area contributed by atoms with Crippen LogP contribution in [0.3, 0.4) is 0 Å². The second kappa shape index (κ2) is 16.0. The van der Waals surface area contributed by atoms with E-state index < -0.39 is 26.9 Å². The topological polar surface area (TPSA) is 94.8 Å². The molecule has 0 saturated heterocycles. The lowest BCUT2D eigenvalue weighted by molar-refractivity contribution is -0.137. The number of aryl methyl sites for hydroxylation is 1. The van der Waals surface area contributed by atoms with Crippen molar-refractivity contribution in [3.05, 3.63) is 60.2 Å². The molecule has 0 aliphatic heterocycles. The van der Waals surface area contributed by atoms with Gasteiger partial charge in [-0.1, -0.05) is 75.4 Å². The fourth-order valence-corrected chi connectivity index (χ4v) is 4.50. The van der Waals surface area contributed by atoms with Gasteiger partial charge >= 0.3 is 5.97 Å². The van der Waals surface area contributed by atoms with Crippen molar-refractivity contribution in [1.29, 1.82) is 0 Å². The van der Waals surface area contributed by atoms with Gasteiger partial charge in [-0.25, -0.2) is 0 Å². The van der Waals surface area contributed by atoms with Crippen LogP contribution in [0.2, 0.25) is 13.1 Å². The molecule has 1 aromatic carbocycles. The van der Waals surface area contributed by atoms with Crippen molar-refractivity contribution in [2.75, 3.05) is 0 Å². The van der Waals surface area contributed by atoms with Crippen LogP contribution in [0.25, 0.3) is 0 Å². The molecule has 0 spiro atoms. The predicted molar refractivity (Wildman–Crippen MR) is 144 cm³/mol. The van der Waals surface area contributed by atoms with Crippen LogP contribution in [-0.2, 0) is 15.7 Å². The summed E-state index contributed by atoms with van der Waals surface area (Å²) in [6.07, 6.45) is 12.1. The Morgan fingerprint density at radius 1 is 1.11 bits per heavy atom. The zero-order chi connectivity index (χ0) is 26.4. The molecule has 1 fully saturated rings. The fourth-order valence-electron chi connectivity index (χ4n) is 4.50. The largest absolute Gasteiger partial charge is 0.481 e. The van der Waals surface area contributed by atoms with E-state index in [1.807, 2.05) is 18.2 Å². The number of aliphatic hydroxyl groups is 2. The quantitative estimate of drug-likeness (QED) is 0.194. The highest BCUT2D eigenvalue weighted by Gasteiger charge is 2.39. The fraction of sp³-hybridized carbons (Fsp3) is 0.621. The second-order valence-corrected chi connectivity index (χ2v) is 12.7. The molecule has 0 radical (unpaired) electrons. The molecule has 1 saturated carbocycles. The van der Waals surface area contributed by atoms with E-state index in [4.69, 9.17) is 5.11 Å². The average Bonchev–Trinajstić information content (AvgIpc) is 3.02. The van der Waals surface area contributed by atoms with E-state index in [1.165, 1.54) is 5.56 Å². The number of unbranched alkanes of at least 4 members (excludes halogenated alkanes) is 1. The summed E-state index contributed by atoms with van der Waals surface area (Å²) in [4.78, 5) is 10.6. The van der Waals surface area contributed by atoms with Gasteiger partial charge in [-0.3, -0.25) is 4.79 Å². The number of carboxylic acid groups (broad SMARTS) is 1. The number of rotatable bonds is 11. The zero-order valence-electron chi connectivity index (χ0n) is 22.2. The summed E-state index contributed by atoms with van der Waals surface area (Å²) >= 11 is 0. The Morgan fingerprint density at radius 3 is 2.31 bits per heavy atom. The highest BCUT2D eigenvalue weighted by Crippen LogP contribution is 2.38. The zero-order valence-corrected chi connectivity index (χ0v) is 23.2. The van der Waals surface area contributed by atoms with E-state index in [0.717, 1.165) is 19.3 Å². The highest BCUT2D eigenvalue weighted by atomic mass is 28.2. The maximum Gasteiger partial charge on any atom is 0.303 e. The third-order valence-corrected chi connectivity index (χ3v) is 6.52. The minimum Gasteiger partial charge on any atom is -0.481 e. The number of aliphatic carboxylic acids is 1. The molecule has 0 aromatic heterocycles. The van der Waals surface area contributed by atoms with Crippen molar-refractivity contribution < 1.29 is 24.6 Å². The Kier molecular flexibility index (Phi) is 14.2. The molecule has 1 aliphatic carbocycles. The van der Waals surface area contributed by atoms with Crippen LogP contribution in [0.15, 0.2) is 54.6 Å². The van der Waals surface area contributed by atoms with Crippen molar-refractivity contribution in [3.8, 4) is 0 Å². The van der Waals surface area contributed by atoms with Gasteiger partial charge in [-0.2, -0.15) is 0 Å². The van der Waals surface area contributed by atoms with Gasteiger partial charge < -0.3 is 19.8 Å². The third kappa shape index (κ3) is 13.1. The molecule has 0 unspecified atom stereocenters. The van der Waals surface area contributed by atoms with Gasteiger partial charge in [0, 0.05) is 18.8 Å². The number of hydrogen-bond donors (Lipinski definition) is 3. The lowest BCUT2D eigenvalue weighted by atomic mass is 9.76. The molecule has 0 bridgehead atoms. The Bertz CT molecular complexity index is 808. The highest BCUT2D eigenvalue weighted by molar-refractivity contribution is 6.38. The van der Waals surface area contributed by atoms with Crippen molar-refractivity contribution >= 4 is 14.7 Å². The Labute approximate surface area is 213 Å². The minimum absolute atomic E-state index is 0.00304. The van der Waals surface area contributed by atoms with Gasteiger partial charge in [-0.05, 0) is 68.0 Å². The van der Waals surface area contributed by atoms with Crippen LogP contribution in [-0.4, -0.2) is 42.2 Å². The van der Waals surface area contributed by atoms with E-state index in [9.17, 15) is 19.5 Å². The first-order valence-corrected chi connectivity index (χ1v) is 15.2. The number of aliphatic hydroxyl groups excluding tert-OH is 2. The lowest BCUT2D eigenvalue weighted by Gasteiger charge is -2.29. The number of allylic oxidation sites excluding steroid dienone is 3. The van der Waals surface area contributed by atoms with E-state index in [1.54, 1.807) is 13.1 Å². The minimum atomic E-state index is -1.13. The SMILES string of the molecule is CC(C)(C)[C@H](/C=C/[C@@H]1[C@@H](C/C=C\CCCC(=O)O)[C@@H](O)C[C@H]1O)CCc1ccccc1.C[Si](C)=O. The van der Waals surface area contributed by atoms with Crippen LogP contribution in [0.5, 0.6) is 0 Å². The molecule has 35 heavy (non-hydrogen) atoms. The van der Waals surface area contributed by atoms with Gasteiger partial charge in [0.25, 0.3) is 8.68 Å². The van der Waals surface area contributed by atoms with Gasteiger partial charge in [-0.15, -0.1) is 0 Å². The molecular formula is C29H46O5Si. The molecule has 1 aromatic rings. The monoisotopic (exact) mass is 502 g/mol. The Balaban J connectivity index is 0.00000142. The van der Waals surface area contributed by atoms with Crippen LogP contribution < -0.4 is 0 Å². The Morgan fingerprint density at radius 2 is 1.74 bits per heavy atom. The molecule has 0 heterocycles. The summed E-state index contributed by atoms with van der Waals surface area (Å²) in [6.45, 7) is 10.2. The number of carbonyl (C=O) groups is 1. The van der Waals surface area contributed by atoms with Crippen molar-refractivity contribution in [1.82, 2.24) is 0 Å². The maximum atomic E-state index is 10.6. The van der Waals surface area contributed by atoms with Crippen LogP contribution in [0, 0.1) is 23.2 Å². The van der Waals surface area contributed by atoms with Crippen LogP contribution >= 0.6 is 0 Å². The number of benzene rings is 1. The smallest absolute Gasteiger partial charge is 0.303 e. The van der Waals surface area contributed by atoms with E-state index in [-0.39, 0.29) is 23.7 Å². The standard InChI is InChI=1S/C27H40O4.C2H6OSi/c1-27(2,3)21(16-15-20-11-7-6-8-12-20)17-18-23-22(24(28)19-25(23)29)13-9-4-5-10-14-26(30)31;1-4(2)3/h4,6-9,11-12,17-18,21-25,28-29H,5,10,13-16,19H2,1-3H3,(H,30,31);1-2H3/b9-4-,18-17+;/t21-,22+,23+,24-,25+;/m0./s1. The van der Waals surface area contributed by atoms with Crippen molar-refractivity contribution in [3.63, 3.8) is 0 Å². The molecule has 5 nitrogen and oxygen atoms in total. The summed E-state index contributed by atoms with van der Waals surface area (Å²) in [7, 11) is -1.13. The molecular weight excluding hydrogens is 456 g/mol. The van der Waals surface area contributed by atoms with Crippen LogP contribution in [0.1, 0.15) is 64.9 Å². The lowest BCUT2D eigenvalue weighted by Crippen LogP contribution is -2.22. The van der Waals surface area contributed by atoms with Gasteiger partial charge in [0.05, 0.1) is 12.2 Å².